The van der Waals surface area contributed by atoms with E-state index in [1.807, 2.05) is 0 Å². The number of amides is 2. The Kier molecular flexibility index (Phi) is 6.82. The van der Waals surface area contributed by atoms with E-state index in [-0.39, 0.29) is 40.2 Å². The van der Waals surface area contributed by atoms with Crippen LogP contribution < -0.4 is 10.6 Å². The van der Waals surface area contributed by atoms with Crippen molar-refractivity contribution in [3.8, 4) is 0 Å². The summed E-state index contributed by atoms with van der Waals surface area (Å²) in [4.78, 5) is 39.9. The molecular formula is C16H17Cl2N3O5. The van der Waals surface area contributed by atoms with E-state index in [4.69, 9.17) is 32.7 Å². The van der Waals surface area contributed by atoms with Gasteiger partial charge < -0.3 is 20.1 Å². The third-order valence-corrected chi connectivity index (χ3v) is 4.21. The van der Waals surface area contributed by atoms with Gasteiger partial charge >= 0.3 is 18.0 Å². The Balaban J connectivity index is 2.21. The van der Waals surface area contributed by atoms with Gasteiger partial charge in [-0.05, 0) is 19.4 Å². The molecule has 0 saturated heterocycles. The number of aromatic nitrogens is 1. The molecule has 0 fully saturated rings. The third-order valence-electron chi connectivity index (χ3n) is 3.53. The molecule has 1 aliphatic heterocycles. The average Bonchev–Trinajstić information content (AvgIpc) is 2.61. The fraction of sp³-hybridized carbons (Fsp3) is 0.375. The molecule has 2 rings (SSSR count). The number of pyridine rings is 1. The van der Waals surface area contributed by atoms with Crippen LogP contribution in [0.3, 0.4) is 0 Å². The van der Waals surface area contributed by atoms with Crippen molar-refractivity contribution in [3.63, 3.8) is 0 Å². The minimum atomic E-state index is -0.729. The van der Waals surface area contributed by atoms with Crippen molar-refractivity contribution in [2.45, 2.75) is 26.3 Å². The molecule has 0 radical (unpaired) electrons. The number of ether oxygens (including phenoxy) is 2. The van der Waals surface area contributed by atoms with Crippen LogP contribution in [-0.2, 0) is 14.3 Å². The molecule has 10 heteroatoms. The Hall–Kier alpha value is -2.32. The second kappa shape index (κ2) is 8.86. The first-order valence-electron chi connectivity index (χ1n) is 7.83. The summed E-state index contributed by atoms with van der Waals surface area (Å²) in [6, 6.07) is 0.283. The third kappa shape index (κ3) is 4.64. The maximum Gasteiger partial charge on any atom is 0.340 e. The molecule has 0 unspecified atom stereocenters. The molecule has 1 aliphatic rings. The molecule has 1 aromatic rings. The predicted octanol–water partition coefficient (Wildman–Crippen LogP) is 2.45. The molecule has 8 nitrogen and oxygen atoms in total. The number of halogens is 2. The zero-order chi connectivity index (χ0) is 19.3. The lowest BCUT2D eigenvalue weighted by Gasteiger charge is -2.28. The van der Waals surface area contributed by atoms with Crippen LogP contribution in [0.2, 0.25) is 10.2 Å². The summed E-state index contributed by atoms with van der Waals surface area (Å²) in [5.41, 5.74) is 0.472. The van der Waals surface area contributed by atoms with Crippen molar-refractivity contribution in [2.75, 3.05) is 13.2 Å². The number of hydrogen-bond donors (Lipinski definition) is 2. The second-order valence-electron chi connectivity index (χ2n) is 5.24. The van der Waals surface area contributed by atoms with E-state index >= 15 is 0 Å². The molecule has 0 spiro atoms. The van der Waals surface area contributed by atoms with Crippen LogP contribution in [0, 0.1) is 0 Å². The van der Waals surface area contributed by atoms with Crippen LogP contribution in [0.1, 0.15) is 30.6 Å². The van der Waals surface area contributed by atoms with Crippen LogP contribution in [-0.4, -0.2) is 42.2 Å². The number of carbonyl (C=O) groups is 3. The van der Waals surface area contributed by atoms with Crippen molar-refractivity contribution < 1.29 is 23.9 Å². The summed E-state index contributed by atoms with van der Waals surface area (Å²) < 4.78 is 10.2. The van der Waals surface area contributed by atoms with Gasteiger partial charge in [0.2, 0.25) is 0 Å². The normalized spacial score (nSPS) is 16.6. The van der Waals surface area contributed by atoms with E-state index in [0.717, 1.165) is 0 Å². The van der Waals surface area contributed by atoms with E-state index in [9.17, 15) is 14.4 Å². The van der Waals surface area contributed by atoms with Crippen LogP contribution in [0.25, 0.3) is 0 Å². The van der Waals surface area contributed by atoms with Gasteiger partial charge in [0.05, 0.1) is 34.5 Å². The highest BCUT2D eigenvalue weighted by molar-refractivity contribution is 6.41. The smallest absolute Gasteiger partial charge is 0.340 e. The van der Waals surface area contributed by atoms with Gasteiger partial charge in [0.1, 0.15) is 11.8 Å². The lowest BCUT2D eigenvalue weighted by molar-refractivity contribution is -0.139. The van der Waals surface area contributed by atoms with Crippen LogP contribution in [0.15, 0.2) is 23.5 Å². The average molecular weight is 402 g/mol. The molecule has 0 saturated carbocycles. The summed E-state index contributed by atoms with van der Waals surface area (Å²) in [7, 11) is 0. The highest BCUT2D eigenvalue weighted by Crippen LogP contribution is 2.21. The summed E-state index contributed by atoms with van der Waals surface area (Å²) >= 11 is 11.5. The van der Waals surface area contributed by atoms with E-state index in [1.54, 1.807) is 13.8 Å². The summed E-state index contributed by atoms with van der Waals surface area (Å²) in [5, 5.41) is 5.28. The van der Waals surface area contributed by atoms with Gasteiger partial charge in [-0.3, -0.25) is 0 Å². The highest BCUT2D eigenvalue weighted by Gasteiger charge is 2.32. The van der Waals surface area contributed by atoms with Gasteiger partial charge in [-0.2, -0.15) is 0 Å². The first-order valence-corrected chi connectivity index (χ1v) is 8.58. The molecule has 140 valence electrons. The van der Waals surface area contributed by atoms with E-state index < -0.39 is 24.0 Å². The van der Waals surface area contributed by atoms with Crippen molar-refractivity contribution in [2.24, 2.45) is 0 Å². The van der Waals surface area contributed by atoms with Gasteiger partial charge in [0.15, 0.2) is 0 Å². The maximum absolute atomic E-state index is 12.2. The Morgan fingerprint density at radius 3 is 2.58 bits per heavy atom. The standard InChI is InChI=1S/C16H17Cl2N3O5/c1-3-10-12(15(23)25-4-2)11(21-16(24)20-10)7-26-14(22)8-5-9(17)13(18)19-6-8/h5-6,10H,3-4,7H2,1-2H3,(H2,20,21,24)/t10-/m1/s1. The maximum atomic E-state index is 12.2. The van der Waals surface area contributed by atoms with Crippen LogP contribution in [0.5, 0.6) is 0 Å². The number of rotatable bonds is 6. The first kappa shape index (κ1) is 20.0. The topological polar surface area (TPSA) is 107 Å². The number of nitrogens with one attached hydrogen (secondary N) is 2. The van der Waals surface area contributed by atoms with Crippen molar-refractivity contribution in [1.82, 2.24) is 15.6 Å². The summed E-state index contributed by atoms with van der Waals surface area (Å²) in [6.45, 7) is 3.33. The fourth-order valence-corrected chi connectivity index (χ4v) is 2.60. The molecule has 0 aliphatic carbocycles. The summed E-state index contributed by atoms with van der Waals surface area (Å²) in [6.07, 6.45) is 1.68. The van der Waals surface area contributed by atoms with E-state index in [2.05, 4.69) is 15.6 Å². The molecule has 2 N–H and O–H groups in total. The lowest BCUT2D eigenvalue weighted by Crippen LogP contribution is -2.51. The molecule has 0 bridgehead atoms. The quantitative estimate of drug-likeness (QED) is 0.559. The van der Waals surface area contributed by atoms with Crippen molar-refractivity contribution in [1.29, 1.82) is 0 Å². The van der Waals surface area contributed by atoms with Gasteiger partial charge in [-0.25, -0.2) is 19.4 Å². The lowest BCUT2D eigenvalue weighted by atomic mass is 10.0. The molecule has 1 atom stereocenters. The number of esters is 2. The Bertz CT molecular complexity index is 766. The Labute approximate surface area is 159 Å². The van der Waals surface area contributed by atoms with Gasteiger partial charge in [-0.1, -0.05) is 30.1 Å². The van der Waals surface area contributed by atoms with Crippen LogP contribution >= 0.6 is 23.2 Å². The highest BCUT2D eigenvalue weighted by atomic mass is 35.5. The number of hydrogen-bond acceptors (Lipinski definition) is 6. The zero-order valence-corrected chi connectivity index (χ0v) is 15.6. The molecule has 0 aromatic carbocycles. The van der Waals surface area contributed by atoms with Gasteiger partial charge in [-0.15, -0.1) is 0 Å². The van der Waals surface area contributed by atoms with Gasteiger partial charge in [0, 0.05) is 6.20 Å². The van der Waals surface area contributed by atoms with E-state index in [0.29, 0.717) is 6.42 Å². The van der Waals surface area contributed by atoms with Crippen molar-refractivity contribution in [3.05, 3.63) is 39.3 Å². The molecule has 2 amide bonds. The Morgan fingerprint density at radius 2 is 1.96 bits per heavy atom. The fourth-order valence-electron chi connectivity index (χ4n) is 2.33. The van der Waals surface area contributed by atoms with Crippen molar-refractivity contribution >= 4 is 41.2 Å². The number of urea groups is 1. The van der Waals surface area contributed by atoms with Crippen LogP contribution in [0.4, 0.5) is 4.79 Å². The molecule has 26 heavy (non-hydrogen) atoms. The minimum absolute atomic E-state index is 0.0620. The Morgan fingerprint density at radius 1 is 1.23 bits per heavy atom. The largest absolute Gasteiger partial charge is 0.463 e. The SMILES string of the molecule is CCOC(=O)C1=C(COC(=O)c2cnc(Cl)c(Cl)c2)NC(=O)N[C@@H]1CC. The van der Waals surface area contributed by atoms with E-state index in [1.165, 1.54) is 12.3 Å². The summed E-state index contributed by atoms with van der Waals surface area (Å²) in [5.74, 6) is -1.32. The minimum Gasteiger partial charge on any atom is -0.463 e. The monoisotopic (exact) mass is 401 g/mol. The molecular weight excluding hydrogens is 385 g/mol. The second-order valence-corrected chi connectivity index (χ2v) is 6.01. The number of nitrogens with zero attached hydrogens (tertiary/aromatic N) is 1. The van der Waals surface area contributed by atoms with Gasteiger partial charge in [0.25, 0.3) is 0 Å². The first-order chi connectivity index (χ1) is 12.4. The molecule has 2 heterocycles. The predicted molar refractivity (Wildman–Crippen MR) is 93.9 cm³/mol. The zero-order valence-electron chi connectivity index (χ0n) is 14.1. The molecule has 1 aromatic heterocycles. The number of carbonyl (C=O) groups excluding carboxylic acids is 3.